The molecule has 0 nitrogen and oxygen atoms in total. The molecule has 0 heterocycles. The molecule has 0 radical (unpaired) electrons. The SMILES string of the molecule is CC(C)C#CC1(F)CC1. The summed E-state index contributed by atoms with van der Waals surface area (Å²) in [5, 5.41) is 0. The van der Waals surface area contributed by atoms with Gasteiger partial charge in [0.15, 0.2) is 5.67 Å². The van der Waals surface area contributed by atoms with Gasteiger partial charge in [-0.1, -0.05) is 25.7 Å². The third-order valence-electron chi connectivity index (χ3n) is 1.27. The van der Waals surface area contributed by atoms with E-state index in [4.69, 9.17) is 0 Å². The first-order chi connectivity index (χ1) is 4.12. The Balaban J connectivity index is 2.42. The molecule has 0 aromatic carbocycles. The van der Waals surface area contributed by atoms with E-state index < -0.39 is 5.67 Å². The molecule has 1 heteroatoms. The quantitative estimate of drug-likeness (QED) is 0.436. The summed E-state index contributed by atoms with van der Waals surface area (Å²) in [7, 11) is 0. The highest BCUT2D eigenvalue weighted by atomic mass is 19.1. The summed E-state index contributed by atoms with van der Waals surface area (Å²) in [5.41, 5.74) is -1.08. The van der Waals surface area contributed by atoms with E-state index in [1.165, 1.54) is 0 Å². The van der Waals surface area contributed by atoms with Crippen molar-refractivity contribution in [2.24, 2.45) is 5.92 Å². The standard InChI is InChI=1S/C8H11F/c1-7(2)3-4-8(9)5-6-8/h7H,5-6H2,1-2H3. The summed E-state index contributed by atoms with van der Waals surface area (Å²) in [5.74, 6) is 5.74. The molecule has 1 rings (SSSR count). The van der Waals surface area contributed by atoms with E-state index in [9.17, 15) is 4.39 Å². The van der Waals surface area contributed by atoms with Gasteiger partial charge in [-0.2, -0.15) is 0 Å². The molecule has 0 spiro atoms. The maximum absolute atomic E-state index is 12.7. The largest absolute Gasteiger partial charge is 0.230 e. The van der Waals surface area contributed by atoms with Crippen molar-refractivity contribution < 1.29 is 4.39 Å². The highest BCUT2D eigenvalue weighted by molar-refractivity contribution is 5.22. The van der Waals surface area contributed by atoms with Crippen LogP contribution >= 0.6 is 0 Å². The molecule has 0 N–H and O–H groups in total. The zero-order valence-electron chi connectivity index (χ0n) is 5.87. The topological polar surface area (TPSA) is 0 Å². The predicted molar refractivity (Wildman–Crippen MR) is 35.7 cm³/mol. The van der Waals surface area contributed by atoms with E-state index >= 15 is 0 Å². The first-order valence-electron chi connectivity index (χ1n) is 3.34. The van der Waals surface area contributed by atoms with Crippen LogP contribution in [0.3, 0.4) is 0 Å². The third-order valence-corrected chi connectivity index (χ3v) is 1.27. The van der Waals surface area contributed by atoms with E-state index in [1.807, 2.05) is 13.8 Å². The molecule has 1 aliphatic rings. The van der Waals surface area contributed by atoms with Crippen molar-refractivity contribution in [1.29, 1.82) is 0 Å². The van der Waals surface area contributed by atoms with E-state index in [2.05, 4.69) is 11.8 Å². The van der Waals surface area contributed by atoms with Gasteiger partial charge < -0.3 is 0 Å². The summed E-state index contributed by atoms with van der Waals surface area (Å²) >= 11 is 0. The fourth-order valence-corrected chi connectivity index (χ4v) is 0.508. The lowest BCUT2D eigenvalue weighted by Gasteiger charge is -1.90. The number of halogens is 1. The summed E-state index contributed by atoms with van der Waals surface area (Å²) < 4.78 is 12.7. The first kappa shape index (κ1) is 6.61. The molecule has 50 valence electrons. The molecular weight excluding hydrogens is 115 g/mol. The van der Waals surface area contributed by atoms with E-state index in [0.29, 0.717) is 18.8 Å². The maximum Gasteiger partial charge on any atom is 0.171 e. The molecule has 0 unspecified atom stereocenters. The Hall–Kier alpha value is -0.510. The third kappa shape index (κ3) is 2.05. The molecule has 0 aromatic rings. The number of rotatable bonds is 0. The molecule has 0 saturated heterocycles. The van der Waals surface area contributed by atoms with Crippen LogP contribution in [0.25, 0.3) is 0 Å². The van der Waals surface area contributed by atoms with Gasteiger partial charge in [-0.05, 0) is 12.8 Å². The van der Waals surface area contributed by atoms with Crippen molar-refractivity contribution in [2.75, 3.05) is 0 Å². The van der Waals surface area contributed by atoms with Crippen LogP contribution in [0.5, 0.6) is 0 Å². The normalized spacial score (nSPS) is 20.9. The molecule has 9 heavy (non-hydrogen) atoms. The van der Waals surface area contributed by atoms with Crippen LogP contribution in [0.15, 0.2) is 0 Å². The van der Waals surface area contributed by atoms with E-state index in [-0.39, 0.29) is 0 Å². The van der Waals surface area contributed by atoms with Gasteiger partial charge in [-0.25, -0.2) is 4.39 Å². The van der Waals surface area contributed by atoms with Crippen LogP contribution < -0.4 is 0 Å². The Kier molecular flexibility index (Phi) is 1.48. The van der Waals surface area contributed by atoms with Crippen LogP contribution in [0, 0.1) is 17.8 Å². The van der Waals surface area contributed by atoms with Gasteiger partial charge in [0.1, 0.15) is 0 Å². The summed E-state index contributed by atoms with van der Waals surface area (Å²) in [6.07, 6.45) is 1.29. The Bertz CT molecular complexity index is 155. The highest BCUT2D eigenvalue weighted by Gasteiger charge is 2.41. The van der Waals surface area contributed by atoms with Gasteiger partial charge in [0.05, 0.1) is 0 Å². The minimum absolute atomic E-state index is 0.304. The zero-order valence-corrected chi connectivity index (χ0v) is 5.87. The molecule has 0 aliphatic heterocycles. The second-order valence-electron chi connectivity index (χ2n) is 2.89. The Morgan fingerprint density at radius 3 is 2.33 bits per heavy atom. The molecule has 1 saturated carbocycles. The van der Waals surface area contributed by atoms with Crippen LogP contribution in [0.1, 0.15) is 26.7 Å². The Labute approximate surface area is 55.5 Å². The van der Waals surface area contributed by atoms with Gasteiger partial charge in [-0.15, -0.1) is 0 Å². The lowest BCUT2D eigenvalue weighted by Crippen LogP contribution is -1.93. The zero-order chi connectivity index (χ0) is 6.91. The van der Waals surface area contributed by atoms with E-state index in [0.717, 1.165) is 0 Å². The van der Waals surface area contributed by atoms with Crippen molar-refractivity contribution in [2.45, 2.75) is 32.4 Å². The molecule has 1 aliphatic carbocycles. The van der Waals surface area contributed by atoms with Crippen LogP contribution in [-0.4, -0.2) is 5.67 Å². The minimum Gasteiger partial charge on any atom is -0.230 e. The van der Waals surface area contributed by atoms with Crippen molar-refractivity contribution in [1.82, 2.24) is 0 Å². The van der Waals surface area contributed by atoms with Gasteiger partial charge >= 0.3 is 0 Å². The first-order valence-corrected chi connectivity index (χ1v) is 3.34. The molecule has 0 aromatic heterocycles. The lowest BCUT2D eigenvalue weighted by molar-refractivity contribution is 0.394. The van der Waals surface area contributed by atoms with Gasteiger partial charge in [0.25, 0.3) is 0 Å². The van der Waals surface area contributed by atoms with Crippen molar-refractivity contribution in [3.05, 3.63) is 0 Å². The fraction of sp³-hybridized carbons (Fsp3) is 0.750. The monoisotopic (exact) mass is 126 g/mol. The predicted octanol–water partition coefficient (Wildman–Crippen LogP) is 2.15. The molecular formula is C8H11F. The molecule has 0 amide bonds. The van der Waals surface area contributed by atoms with Crippen molar-refractivity contribution >= 4 is 0 Å². The van der Waals surface area contributed by atoms with Crippen LogP contribution in [0.4, 0.5) is 4.39 Å². The number of alkyl halides is 1. The van der Waals surface area contributed by atoms with Gasteiger partial charge in [0.2, 0.25) is 0 Å². The van der Waals surface area contributed by atoms with Crippen molar-refractivity contribution in [3.63, 3.8) is 0 Å². The number of hydrogen-bond donors (Lipinski definition) is 0. The summed E-state index contributed by atoms with van der Waals surface area (Å²) in [6.45, 7) is 3.94. The number of hydrogen-bond acceptors (Lipinski definition) is 0. The molecule has 1 fully saturated rings. The fourth-order valence-electron chi connectivity index (χ4n) is 0.508. The average molecular weight is 126 g/mol. The molecule has 0 atom stereocenters. The second kappa shape index (κ2) is 2.02. The average Bonchev–Trinajstić information content (AvgIpc) is 2.45. The summed E-state index contributed by atoms with van der Waals surface area (Å²) in [6, 6.07) is 0. The summed E-state index contributed by atoms with van der Waals surface area (Å²) in [4.78, 5) is 0. The van der Waals surface area contributed by atoms with Crippen LogP contribution in [-0.2, 0) is 0 Å². The Morgan fingerprint density at radius 2 is 2.00 bits per heavy atom. The smallest absolute Gasteiger partial charge is 0.171 e. The van der Waals surface area contributed by atoms with E-state index in [1.54, 1.807) is 0 Å². The van der Waals surface area contributed by atoms with Crippen LogP contribution in [0.2, 0.25) is 0 Å². The molecule has 0 bridgehead atoms. The van der Waals surface area contributed by atoms with Gasteiger partial charge in [0, 0.05) is 5.92 Å². The van der Waals surface area contributed by atoms with Gasteiger partial charge in [-0.3, -0.25) is 0 Å². The lowest BCUT2D eigenvalue weighted by atomic mass is 10.2. The maximum atomic E-state index is 12.7. The second-order valence-corrected chi connectivity index (χ2v) is 2.89. The minimum atomic E-state index is -1.08. The Morgan fingerprint density at radius 1 is 1.44 bits per heavy atom. The highest BCUT2D eigenvalue weighted by Crippen LogP contribution is 2.38. The van der Waals surface area contributed by atoms with Crippen molar-refractivity contribution in [3.8, 4) is 11.8 Å².